The molecule has 2 aromatic carbocycles. The van der Waals surface area contributed by atoms with Crippen LogP contribution in [0.15, 0.2) is 36.4 Å². The zero-order valence-corrected chi connectivity index (χ0v) is 19.4. The summed E-state index contributed by atoms with van der Waals surface area (Å²) < 4.78 is 21.9. The summed E-state index contributed by atoms with van der Waals surface area (Å²) in [6.07, 6.45) is 4.83. The van der Waals surface area contributed by atoms with E-state index < -0.39 is 7.92 Å². The third-order valence-corrected chi connectivity index (χ3v) is 8.23. The summed E-state index contributed by atoms with van der Waals surface area (Å²) in [6.45, 7) is 0. The second kappa shape index (κ2) is 10.6. The van der Waals surface area contributed by atoms with Crippen LogP contribution in [-0.4, -0.2) is 45.1 Å². The van der Waals surface area contributed by atoms with E-state index in [4.69, 9.17) is 18.9 Å². The summed E-state index contributed by atoms with van der Waals surface area (Å²) in [5.41, 5.74) is 0.189. The Morgan fingerprint density at radius 1 is 0.677 bits per heavy atom. The third kappa shape index (κ3) is 4.69. The largest absolute Gasteiger partial charge is 0.496 e. The van der Waals surface area contributed by atoms with Crippen molar-refractivity contribution in [3.8, 4) is 23.0 Å². The average Bonchev–Trinajstić information content (AvgIpc) is 2.83. The first-order valence-corrected chi connectivity index (χ1v) is 11.8. The predicted octanol–water partition coefficient (Wildman–Crippen LogP) is 5.52. The van der Waals surface area contributed by atoms with Gasteiger partial charge in [-0.05, 0) is 42.8 Å². The van der Waals surface area contributed by atoms with Gasteiger partial charge in [0.15, 0.2) is 11.0 Å². The summed E-state index contributed by atoms with van der Waals surface area (Å²) in [4.78, 5) is 28.0. The van der Waals surface area contributed by atoms with Gasteiger partial charge < -0.3 is 18.9 Å². The third-order valence-electron chi connectivity index (χ3n) is 5.66. The van der Waals surface area contributed by atoms with Gasteiger partial charge >= 0.3 is 0 Å². The van der Waals surface area contributed by atoms with Gasteiger partial charge in [0.2, 0.25) is 0 Å². The molecule has 0 aromatic heterocycles. The van der Waals surface area contributed by atoms with Crippen molar-refractivity contribution in [2.75, 3.05) is 28.4 Å². The number of hydrogen-bond acceptors (Lipinski definition) is 6. The van der Waals surface area contributed by atoms with Crippen molar-refractivity contribution in [3.63, 3.8) is 0 Å². The Morgan fingerprint density at radius 3 is 1.35 bits per heavy atom. The van der Waals surface area contributed by atoms with Gasteiger partial charge in [-0.25, -0.2) is 0 Å². The normalized spacial score (nSPS) is 14.2. The van der Waals surface area contributed by atoms with Crippen LogP contribution < -0.4 is 18.9 Å². The van der Waals surface area contributed by atoms with Crippen LogP contribution in [0.1, 0.15) is 52.8 Å². The minimum absolute atomic E-state index is 0.00649. The number of methoxy groups -OCH3 is 4. The van der Waals surface area contributed by atoms with E-state index in [1.54, 1.807) is 36.4 Å². The van der Waals surface area contributed by atoms with E-state index in [1.807, 2.05) is 0 Å². The van der Waals surface area contributed by atoms with E-state index in [-0.39, 0.29) is 16.7 Å². The quantitative estimate of drug-likeness (QED) is 0.475. The van der Waals surface area contributed by atoms with Crippen LogP contribution in [0.4, 0.5) is 0 Å². The van der Waals surface area contributed by atoms with Crippen molar-refractivity contribution in [1.82, 2.24) is 0 Å². The predicted molar refractivity (Wildman–Crippen MR) is 122 cm³/mol. The standard InChI is InChI=1S/C24H29O6P/c1-27-17-12-8-13-18(28-2)21(17)23(25)31(16-10-6-5-7-11-16)24(26)22-19(29-3)14-9-15-20(22)30-4/h8-9,12-16H,5-7,10-11H2,1-4H3. The zero-order valence-electron chi connectivity index (χ0n) is 18.5. The highest BCUT2D eigenvalue weighted by molar-refractivity contribution is 7.90. The first-order valence-electron chi connectivity index (χ1n) is 10.4. The first kappa shape index (κ1) is 23.1. The van der Waals surface area contributed by atoms with Gasteiger partial charge in [0.1, 0.15) is 34.1 Å². The van der Waals surface area contributed by atoms with E-state index in [1.165, 1.54) is 28.4 Å². The van der Waals surface area contributed by atoms with Crippen molar-refractivity contribution < 1.29 is 28.5 Å². The Balaban J connectivity index is 2.15. The molecule has 0 saturated heterocycles. The van der Waals surface area contributed by atoms with Crippen LogP contribution in [0.25, 0.3) is 0 Å². The maximum absolute atomic E-state index is 14.0. The molecule has 1 aliphatic rings. The summed E-state index contributed by atoms with van der Waals surface area (Å²) in [5.74, 6) is 1.64. The van der Waals surface area contributed by atoms with Gasteiger partial charge in [-0.2, -0.15) is 0 Å². The molecule has 0 amide bonds. The van der Waals surface area contributed by atoms with Gasteiger partial charge in [-0.1, -0.05) is 31.4 Å². The van der Waals surface area contributed by atoms with E-state index >= 15 is 0 Å². The first-order chi connectivity index (χ1) is 15.1. The van der Waals surface area contributed by atoms with Crippen LogP contribution in [0.2, 0.25) is 0 Å². The fourth-order valence-electron chi connectivity index (χ4n) is 4.13. The molecule has 6 nitrogen and oxygen atoms in total. The fraction of sp³-hybridized carbons (Fsp3) is 0.417. The molecule has 0 N–H and O–H groups in total. The molecule has 0 radical (unpaired) electrons. The SMILES string of the molecule is COc1cccc(OC)c1C(=O)P(C(=O)c1c(OC)cccc1OC)C1CCCCC1. The highest BCUT2D eigenvalue weighted by atomic mass is 31.1. The average molecular weight is 444 g/mol. The number of rotatable bonds is 9. The van der Waals surface area contributed by atoms with E-state index in [0.29, 0.717) is 34.1 Å². The van der Waals surface area contributed by atoms with Gasteiger partial charge in [0.25, 0.3) is 0 Å². The fourth-order valence-corrected chi connectivity index (χ4v) is 6.78. The number of carbonyl (C=O) groups is 2. The topological polar surface area (TPSA) is 71.1 Å². The highest BCUT2D eigenvalue weighted by Gasteiger charge is 2.40. The Bertz CT molecular complexity index is 824. The lowest BCUT2D eigenvalue weighted by Gasteiger charge is -2.30. The molecule has 3 rings (SSSR count). The van der Waals surface area contributed by atoms with E-state index in [0.717, 1.165) is 32.1 Å². The molecular weight excluding hydrogens is 415 g/mol. The smallest absolute Gasteiger partial charge is 0.199 e. The van der Waals surface area contributed by atoms with Crippen molar-refractivity contribution in [3.05, 3.63) is 47.5 Å². The van der Waals surface area contributed by atoms with Crippen molar-refractivity contribution >= 4 is 19.0 Å². The van der Waals surface area contributed by atoms with Crippen LogP contribution >= 0.6 is 7.92 Å². The molecule has 0 atom stereocenters. The Morgan fingerprint density at radius 2 is 1.03 bits per heavy atom. The number of hydrogen-bond donors (Lipinski definition) is 0. The van der Waals surface area contributed by atoms with Gasteiger partial charge in [-0.15, -0.1) is 0 Å². The molecule has 166 valence electrons. The molecule has 1 saturated carbocycles. The molecular formula is C24H29O6P. The number of carbonyl (C=O) groups excluding carboxylic acids is 2. The van der Waals surface area contributed by atoms with Crippen molar-refractivity contribution in [1.29, 1.82) is 0 Å². The highest BCUT2D eigenvalue weighted by Crippen LogP contribution is 2.56. The number of benzene rings is 2. The Hall–Kier alpha value is -2.59. The molecule has 1 fully saturated rings. The lowest BCUT2D eigenvalue weighted by atomic mass is 10.0. The second-order valence-corrected chi connectivity index (χ2v) is 9.63. The van der Waals surface area contributed by atoms with Crippen LogP contribution in [-0.2, 0) is 0 Å². The summed E-state index contributed by atoms with van der Waals surface area (Å²) in [7, 11) is 4.31. The molecule has 7 heteroatoms. The molecule has 0 heterocycles. The zero-order chi connectivity index (χ0) is 22.4. The minimum Gasteiger partial charge on any atom is -0.496 e. The molecule has 2 aromatic rings. The Labute approximate surface area is 184 Å². The lowest BCUT2D eigenvalue weighted by Crippen LogP contribution is -2.21. The number of ether oxygens (including phenoxy) is 4. The second-order valence-electron chi connectivity index (χ2n) is 7.35. The van der Waals surface area contributed by atoms with E-state index in [2.05, 4.69) is 0 Å². The molecule has 31 heavy (non-hydrogen) atoms. The Kier molecular flexibility index (Phi) is 7.91. The molecule has 0 unspecified atom stereocenters. The monoisotopic (exact) mass is 444 g/mol. The molecule has 0 spiro atoms. The van der Waals surface area contributed by atoms with E-state index in [9.17, 15) is 9.59 Å². The van der Waals surface area contributed by atoms with Gasteiger partial charge in [0.05, 0.1) is 28.4 Å². The van der Waals surface area contributed by atoms with Crippen molar-refractivity contribution in [2.45, 2.75) is 37.8 Å². The molecule has 0 bridgehead atoms. The summed E-state index contributed by atoms with van der Waals surface area (Å²) in [5, 5.41) is 0. The van der Waals surface area contributed by atoms with Gasteiger partial charge in [-0.3, -0.25) is 9.59 Å². The maximum atomic E-state index is 14.0. The summed E-state index contributed by atoms with van der Waals surface area (Å²) in [6, 6.07) is 10.4. The lowest BCUT2D eigenvalue weighted by molar-refractivity contribution is 0.104. The minimum atomic E-state index is -1.74. The molecule has 0 aliphatic heterocycles. The molecule has 1 aliphatic carbocycles. The van der Waals surface area contributed by atoms with Gasteiger partial charge in [0, 0.05) is 7.92 Å². The van der Waals surface area contributed by atoms with Crippen LogP contribution in [0, 0.1) is 0 Å². The van der Waals surface area contributed by atoms with Crippen molar-refractivity contribution in [2.24, 2.45) is 0 Å². The summed E-state index contributed by atoms with van der Waals surface area (Å²) >= 11 is 0. The van der Waals surface area contributed by atoms with Crippen LogP contribution in [0.3, 0.4) is 0 Å². The van der Waals surface area contributed by atoms with Crippen LogP contribution in [0.5, 0.6) is 23.0 Å². The maximum Gasteiger partial charge on any atom is 0.199 e.